The maximum Gasteiger partial charge on any atom is 0.280 e. The van der Waals surface area contributed by atoms with Crippen molar-refractivity contribution in [3.8, 4) is 23.0 Å². The standard InChI is InChI=1S/C48H68O5Si2/c1-9-17-29-49-41-33-37(13-5)21-25-45(41)54(46-26-22-38(14-6)34-42(46)50-30-18-10-2)53-55(47-27-23-39(15-7)35-43(47)51-31-19-11-3)48-28-24-40(16-8)36-44(48)52-32-20-12-4/h21-28,33-36H,9-20,29-32H2,1-8H3. The minimum Gasteiger partial charge on any atom is -0.494 e. The molecule has 0 bridgehead atoms. The second kappa shape index (κ2) is 24.2. The molecule has 0 unspecified atom stereocenters. The van der Waals surface area contributed by atoms with Crippen LogP contribution in [0.3, 0.4) is 0 Å². The van der Waals surface area contributed by atoms with Crippen LogP contribution >= 0.6 is 0 Å². The second-order valence-electron chi connectivity index (χ2n) is 14.3. The van der Waals surface area contributed by atoms with Crippen LogP contribution in [0.2, 0.25) is 0 Å². The van der Waals surface area contributed by atoms with Crippen molar-refractivity contribution in [3.63, 3.8) is 0 Å². The van der Waals surface area contributed by atoms with E-state index in [4.69, 9.17) is 23.1 Å². The zero-order valence-corrected chi connectivity index (χ0v) is 37.3. The van der Waals surface area contributed by atoms with E-state index in [0.717, 1.165) is 121 Å². The van der Waals surface area contributed by atoms with E-state index in [1.807, 2.05) is 0 Å². The molecule has 4 rings (SSSR count). The second-order valence-corrected chi connectivity index (χ2v) is 18.6. The molecule has 0 aliphatic rings. The monoisotopic (exact) mass is 780 g/mol. The van der Waals surface area contributed by atoms with E-state index in [2.05, 4.69) is 128 Å². The van der Waals surface area contributed by atoms with Gasteiger partial charge in [0.05, 0.1) is 26.4 Å². The number of aryl methyl sites for hydroxylation is 4. The Morgan fingerprint density at radius 1 is 0.345 bits per heavy atom. The van der Waals surface area contributed by atoms with Gasteiger partial charge in [0.25, 0.3) is 18.1 Å². The Bertz CT molecular complexity index is 1480. The van der Waals surface area contributed by atoms with Gasteiger partial charge in [0, 0.05) is 20.7 Å². The van der Waals surface area contributed by atoms with Gasteiger partial charge >= 0.3 is 0 Å². The van der Waals surface area contributed by atoms with Gasteiger partial charge in [-0.1, -0.05) is 130 Å². The third-order valence-electron chi connectivity index (χ3n) is 10.0. The average Bonchev–Trinajstić information content (AvgIpc) is 3.22. The molecule has 4 aromatic rings. The van der Waals surface area contributed by atoms with Crippen molar-refractivity contribution in [2.75, 3.05) is 26.4 Å². The summed E-state index contributed by atoms with van der Waals surface area (Å²) in [6.45, 7) is 20.3. The zero-order chi connectivity index (χ0) is 39.4. The third-order valence-corrected chi connectivity index (χ3v) is 15.3. The smallest absolute Gasteiger partial charge is 0.280 e. The molecule has 0 aliphatic carbocycles. The summed E-state index contributed by atoms with van der Waals surface area (Å²) in [7, 11) is -4.01. The van der Waals surface area contributed by atoms with Crippen molar-refractivity contribution < 1.29 is 23.1 Å². The quantitative estimate of drug-likeness (QED) is 0.0470. The highest BCUT2D eigenvalue weighted by atomic mass is 28.4. The number of hydrogen-bond acceptors (Lipinski definition) is 5. The molecule has 298 valence electrons. The number of rotatable bonds is 26. The van der Waals surface area contributed by atoms with E-state index < -0.39 is 18.1 Å². The first-order valence-electron chi connectivity index (χ1n) is 21.4. The molecule has 0 heterocycles. The van der Waals surface area contributed by atoms with Crippen molar-refractivity contribution in [1.29, 1.82) is 0 Å². The summed E-state index contributed by atoms with van der Waals surface area (Å²) in [4.78, 5) is 0. The Morgan fingerprint density at radius 3 is 0.782 bits per heavy atom. The van der Waals surface area contributed by atoms with Gasteiger partial charge in [0.15, 0.2) is 0 Å². The van der Waals surface area contributed by atoms with Crippen LogP contribution in [0.25, 0.3) is 0 Å². The van der Waals surface area contributed by atoms with Crippen molar-refractivity contribution in [2.45, 2.75) is 132 Å². The lowest BCUT2D eigenvalue weighted by Gasteiger charge is -2.29. The number of benzene rings is 4. The molecule has 0 saturated heterocycles. The summed E-state index contributed by atoms with van der Waals surface area (Å²) >= 11 is 0. The van der Waals surface area contributed by atoms with Crippen LogP contribution in [0.1, 0.15) is 129 Å². The molecule has 55 heavy (non-hydrogen) atoms. The average molecular weight is 781 g/mol. The van der Waals surface area contributed by atoms with Gasteiger partial charge in [-0.3, -0.25) is 0 Å². The van der Waals surface area contributed by atoms with E-state index >= 15 is 0 Å². The van der Waals surface area contributed by atoms with Crippen molar-refractivity contribution in [3.05, 3.63) is 95.1 Å². The molecule has 0 atom stereocenters. The van der Waals surface area contributed by atoms with Gasteiger partial charge < -0.3 is 23.1 Å². The normalized spacial score (nSPS) is 11.4. The summed E-state index contributed by atoms with van der Waals surface area (Å²) in [5.74, 6) is 3.68. The van der Waals surface area contributed by atoms with Crippen LogP contribution in [0.15, 0.2) is 72.8 Å². The predicted molar refractivity (Wildman–Crippen MR) is 236 cm³/mol. The van der Waals surface area contributed by atoms with E-state index in [0.29, 0.717) is 26.4 Å². The van der Waals surface area contributed by atoms with Crippen LogP contribution < -0.4 is 39.7 Å². The van der Waals surface area contributed by atoms with E-state index in [1.165, 1.54) is 22.3 Å². The molecule has 0 spiro atoms. The molecule has 0 aromatic heterocycles. The highest BCUT2D eigenvalue weighted by Crippen LogP contribution is 2.23. The summed E-state index contributed by atoms with van der Waals surface area (Å²) in [6, 6.07) is 27.1. The van der Waals surface area contributed by atoms with Gasteiger partial charge in [-0.15, -0.1) is 0 Å². The van der Waals surface area contributed by atoms with E-state index in [-0.39, 0.29) is 0 Å². The lowest BCUT2D eigenvalue weighted by Crippen LogP contribution is -2.57. The van der Waals surface area contributed by atoms with Crippen LogP contribution in [-0.2, 0) is 29.8 Å². The molecule has 2 radical (unpaired) electrons. The molecule has 0 fully saturated rings. The predicted octanol–water partition coefficient (Wildman–Crippen LogP) is 9.58. The van der Waals surface area contributed by atoms with Gasteiger partial charge in [-0.05, 0) is 97.9 Å². The molecule has 5 nitrogen and oxygen atoms in total. The molecule has 0 amide bonds. The molecule has 0 N–H and O–H groups in total. The molecule has 0 saturated carbocycles. The minimum atomic E-state index is -2.00. The lowest BCUT2D eigenvalue weighted by atomic mass is 10.1. The fourth-order valence-electron chi connectivity index (χ4n) is 6.29. The summed E-state index contributed by atoms with van der Waals surface area (Å²) in [5, 5.41) is 4.45. The van der Waals surface area contributed by atoms with Crippen LogP contribution in [0, 0.1) is 0 Å². The fraction of sp³-hybridized carbons (Fsp3) is 0.500. The van der Waals surface area contributed by atoms with Crippen molar-refractivity contribution in [1.82, 2.24) is 0 Å². The van der Waals surface area contributed by atoms with Crippen LogP contribution in [0.4, 0.5) is 0 Å². The number of unbranched alkanes of at least 4 members (excludes halogenated alkanes) is 4. The number of hydrogen-bond donors (Lipinski definition) is 0. The molecule has 7 heteroatoms. The van der Waals surface area contributed by atoms with Gasteiger partial charge in [0.2, 0.25) is 0 Å². The largest absolute Gasteiger partial charge is 0.494 e. The zero-order valence-electron chi connectivity index (χ0n) is 35.3. The van der Waals surface area contributed by atoms with Crippen LogP contribution in [-0.4, -0.2) is 44.5 Å². The highest BCUT2D eigenvalue weighted by Gasteiger charge is 2.36. The first-order valence-corrected chi connectivity index (χ1v) is 24.2. The maximum atomic E-state index is 7.96. The fourth-order valence-corrected chi connectivity index (χ4v) is 11.9. The SMILES string of the molecule is CCCCOc1cc(CC)ccc1[Si](O[Si](c1ccc(CC)cc1OCCCC)c1ccc(CC)cc1OCCCC)c1ccc(CC)cc1OCCCC. The van der Waals surface area contributed by atoms with E-state index in [9.17, 15) is 0 Å². The lowest BCUT2D eigenvalue weighted by molar-refractivity contribution is 0.309. The van der Waals surface area contributed by atoms with Gasteiger partial charge in [-0.2, -0.15) is 0 Å². The summed E-state index contributed by atoms with van der Waals surface area (Å²) < 4.78 is 34.8. The molecular formula is C48H68O5Si2. The Morgan fingerprint density at radius 2 is 0.582 bits per heavy atom. The molecule has 0 aliphatic heterocycles. The molecule has 4 aromatic carbocycles. The Kier molecular flexibility index (Phi) is 19.4. The Balaban J connectivity index is 2.04. The van der Waals surface area contributed by atoms with Crippen molar-refractivity contribution in [2.24, 2.45) is 0 Å². The van der Waals surface area contributed by atoms with Gasteiger partial charge in [-0.25, -0.2) is 0 Å². The van der Waals surface area contributed by atoms with E-state index in [1.54, 1.807) is 0 Å². The molecular weight excluding hydrogens is 713 g/mol. The summed E-state index contributed by atoms with van der Waals surface area (Å²) in [6.07, 6.45) is 12.0. The maximum absolute atomic E-state index is 7.96. The highest BCUT2D eigenvalue weighted by molar-refractivity contribution is 6.93. The summed E-state index contributed by atoms with van der Waals surface area (Å²) in [5.41, 5.74) is 5.02. The third kappa shape index (κ3) is 12.7. The topological polar surface area (TPSA) is 46.2 Å². The van der Waals surface area contributed by atoms with Crippen LogP contribution in [0.5, 0.6) is 23.0 Å². The minimum absolute atomic E-state index is 0.667. The van der Waals surface area contributed by atoms with Crippen molar-refractivity contribution >= 4 is 38.8 Å². The first-order chi connectivity index (χ1) is 26.9. The van der Waals surface area contributed by atoms with Gasteiger partial charge in [0.1, 0.15) is 23.0 Å². The Hall–Kier alpha value is -3.53. The first kappa shape index (κ1) is 44.2. The Labute approximate surface area is 337 Å². The number of ether oxygens (including phenoxy) is 4.